The average molecular weight is 554 g/mol. The predicted molar refractivity (Wildman–Crippen MR) is 124 cm³/mol. The highest BCUT2D eigenvalue weighted by molar-refractivity contribution is 9.10. The topological polar surface area (TPSA) is 122 Å². The fraction of sp³-hybridized carbons (Fsp3) is 0.273. The largest absolute Gasteiger partial charge is 0.493 e. The molecule has 3 rings (SSSR count). The van der Waals surface area contributed by atoms with Crippen molar-refractivity contribution in [2.75, 3.05) is 27.4 Å². The number of thioether (sulfide) groups is 1. The van der Waals surface area contributed by atoms with Crippen molar-refractivity contribution in [1.29, 1.82) is 0 Å². The summed E-state index contributed by atoms with van der Waals surface area (Å²) in [4.78, 5) is 49.6. The quantitative estimate of drug-likeness (QED) is 0.332. The molecule has 0 N–H and O–H groups in total. The van der Waals surface area contributed by atoms with Crippen LogP contribution in [0.1, 0.15) is 28.8 Å². The Balaban J connectivity index is 1.78. The lowest BCUT2D eigenvalue weighted by Gasteiger charge is -2.13. The first-order chi connectivity index (χ1) is 16.3. The van der Waals surface area contributed by atoms with Gasteiger partial charge in [0.15, 0.2) is 18.1 Å². The number of rotatable bonds is 9. The predicted octanol–water partition coefficient (Wildman–Crippen LogP) is 4.02. The lowest BCUT2D eigenvalue weighted by atomic mass is 10.2. The number of carbonyl (C=O) groups excluding carboxylic acids is 4. The summed E-state index contributed by atoms with van der Waals surface area (Å²) in [5.41, 5.74) is 0.553. The molecule has 180 valence electrons. The zero-order valence-electron chi connectivity index (χ0n) is 18.4. The lowest BCUT2D eigenvalue weighted by Crippen LogP contribution is -2.27. The number of esters is 2. The Bertz CT molecular complexity index is 1160. The molecule has 2 heterocycles. The van der Waals surface area contributed by atoms with Gasteiger partial charge in [-0.2, -0.15) is 0 Å². The normalized spacial score (nSPS) is 14.5. The smallest absolute Gasteiger partial charge is 0.373 e. The number of benzene rings is 1. The number of methoxy groups -OCH3 is 2. The highest BCUT2D eigenvalue weighted by Crippen LogP contribution is 2.38. The third-order valence-corrected chi connectivity index (χ3v) is 6.05. The Morgan fingerprint density at radius 1 is 1.18 bits per heavy atom. The number of hydrogen-bond acceptors (Lipinski definition) is 10. The standard InChI is InChI=1S/C22H20BrNO9S/c1-4-31-19(25)11-32-17-9-14(23)12(7-16(17)29-2)8-18-20(26)24(22(28)34-18)10-13-5-6-15(33-13)21(27)30-3/h5-9H,4,10-11H2,1-3H3/b18-8+. The van der Waals surface area contributed by atoms with E-state index in [9.17, 15) is 19.2 Å². The highest BCUT2D eigenvalue weighted by atomic mass is 79.9. The van der Waals surface area contributed by atoms with E-state index in [1.54, 1.807) is 19.1 Å². The Hall–Kier alpha value is -3.25. The molecular formula is C22H20BrNO9S. The third kappa shape index (κ3) is 5.81. The van der Waals surface area contributed by atoms with Crippen LogP contribution in [0.15, 0.2) is 38.1 Å². The van der Waals surface area contributed by atoms with Gasteiger partial charge < -0.3 is 23.4 Å². The minimum absolute atomic E-state index is 0.0266. The van der Waals surface area contributed by atoms with Crippen molar-refractivity contribution in [3.05, 3.63) is 50.7 Å². The maximum absolute atomic E-state index is 12.9. The molecule has 1 aliphatic heterocycles. The van der Waals surface area contributed by atoms with Crippen molar-refractivity contribution >= 4 is 56.9 Å². The number of ether oxygens (including phenoxy) is 4. The van der Waals surface area contributed by atoms with Gasteiger partial charge in [0.05, 0.1) is 32.3 Å². The van der Waals surface area contributed by atoms with Crippen molar-refractivity contribution < 1.29 is 42.5 Å². The van der Waals surface area contributed by atoms with Crippen LogP contribution < -0.4 is 9.47 Å². The summed E-state index contributed by atoms with van der Waals surface area (Å²) in [7, 11) is 2.65. The fourth-order valence-electron chi connectivity index (χ4n) is 2.88. The van der Waals surface area contributed by atoms with Crippen LogP contribution in [0.5, 0.6) is 11.5 Å². The molecule has 0 radical (unpaired) electrons. The van der Waals surface area contributed by atoms with Crippen LogP contribution >= 0.6 is 27.7 Å². The van der Waals surface area contributed by atoms with Gasteiger partial charge in [0.2, 0.25) is 5.76 Å². The van der Waals surface area contributed by atoms with Gasteiger partial charge in [-0.1, -0.05) is 15.9 Å². The average Bonchev–Trinajstić information content (AvgIpc) is 3.39. The van der Waals surface area contributed by atoms with Gasteiger partial charge >= 0.3 is 11.9 Å². The van der Waals surface area contributed by atoms with Gasteiger partial charge in [0.25, 0.3) is 11.1 Å². The van der Waals surface area contributed by atoms with Crippen molar-refractivity contribution in [1.82, 2.24) is 4.90 Å². The van der Waals surface area contributed by atoms with Crippen LogP contribution in [-0.4, -0.2) is 55.4 Å². The molecule has 12 heteroatoms. The highest BCUT2D eigenvalue weighted by Gasteiger charge is 2.36. The first kappa shape index (κ1) is 25.4. The number of imide groups is 1. The zero-order chi connectivity index (χ0) is 24.8. The van der Waals surface area contributed by atoms with Crippen molar-refractivity contribution in [2.45, 2.75) is 13.5 Å². The second kappa shape index (κ2) is 11.3. The van der Waals surface area contributed by atoms with Crippen molar-refractivity contribution in [3.63, 3.8) is 0 Å². The van der Waals surface area contributed by atoms with Crippen molar-refractivity contribution in [2.24, 2.45) is 0 Å². The molecule has 1 aromatic carbocycles. The van der Waals surface area contributed by atoms with Crippen LogP contribution in [-0.2, 0) is 25.6 Å². The Labute approximate surface area is 207 Å². The van der Waals surface area contributed by atoms with Gasteiger partial charge in [0.1, 0.15) is 5.76 Å². The minimum Gasteiger partial charge on any atom is -0.493 e. The summed E-state index contributed by atoms with van der Waals surface area (Å²) >= 11 is 4.18. The molecule has 0 saturated carbocycles. The SMILES string of the molecule is CCOC(=O)COc1cc(Br)c(/C=C2/SC(=O)N(Cc3ccc(C(=O)OC)o3)C2=O)cc1OC. The molecule has 34 heavy (non-hydrogen) atoms. The van der Waals surface area contributed by atoms with Crippen LogP contribution in [0.3, 0.4) is 0 Å². The molecule has 1 saturated heterocycles. The minimum atomic E-state index is -0.659. The van der Waals surface area contributed by atoms with E-state index in [2.05, 4.69) is 20.7 Å². The first-order valence-corrected chi connectivity index (χ1v) is 11.5. The number of furan rings is 1. The Morgan fingerprint density at radius 2 is 1.94 bits per heavy atom. The lowest BCUT2D eigenvalue weighted by molar-refractivity contribution is -0.145. The molecule has 0 unspecified atom stereocenters. The van der Waals surface area contributed by atoms with E-state index in [-0.39, 0.29) is 36.2 Å². The van der Waals surface area contributed by atoms with Gasteiger partial charge in [-0.25, -0.2) is 9.59 Å². The van der Waals surface area contributed by atoms with Gasteiger partial charge in [-0.15, -0.1) is 0 Å². The second-order valence-corrected chi connectivity index (χ2v) is 8.49. The maximum atomic E-state index is 12.9. The van der Waals surface area contributed by atoms with Gasteiger partial charge in [0, 0.05) is 4.47 Å². The number of hydrogen-bond donors (Lipinski definition) is 0. The van der Waals surface area contributed by atoms with E-state index in [1.165, 1.54) is 32.4 Å². The second-order valence-electron chi connectivity index (χ2n) is 6.64. The number of carbonyl (C=O) groups is 4. The van der Waals surface area contributed by atoms with E-state index >= 15 is 0 Å². The molecule has 0 atom stereocenters. The van der Waals surface area contributed by atoms with Crippen LogP contribution in [0, 0.1) is 0 Å². The Morgan fingerprint density at radius 3 is 2.62 bits per heavy atom. The third-order valence-electron chi connectivity index (χ3n) is 4.46. The summed E-state index contributed by atoms with van der Waals surface area (Å²) in [5, 5.41) is -0.482. The summed E-state index contributed by atoms with van der Waals surface area (Å²) in [6.07, 6.45) is 1.54. The van der Waals surface area contributed by atoms with Gasteiger partial charge in [-0.3, -0.25) is 14.5 Å². The zero-order valence-corrected chi connectivity index (χ0v) is 20.8. The molecule has 1 fully saturated rings. The van der Waals surface area contributed by atoms with E-state index in [4.69, 9.17) is 18.6 Å². The molecule has 0 spiro atoms. The molecular weight excluding hydrogens is 534 g/mol. The molecule has 1 aliphatic rings. The van der Waals surface area contributed by atoms with Crippen LogP contribution in [0.2, 0.25) is 0 Å². The molecule has 10 nitrogen and oxygen atoms in total. The van der Waals surface area contributed by atoms with Crippen molar-refractivity contribution in [3.8, 4) is 11.5 Å². The summed E-state index contributed by atoms with van der Waals surface area (Å²) in [6, 6.07) is 6.10. The molecule has 0 bridgehead atoms. The first-order valence-electron chi connectivity index (χ1n) is 9.85. The van der Waals surface area contributed by atoms with Crippen LogP contribution in [0.25, 0.3) is 6.08 Å². The molecule has 2 amide bonds. The maximum Gasteiger partial charge on any atom is 0.373 e. The summed E-state index contributed by atoms with van der Waals surface area (Å²) in [6.45, 7) is 1.51. The van der Waals surface area contributed by atoms with E-state index < -0.39 is 23.1 Å². The summed E-state index contributed by atoms with van der Waals surface area (Å²) < 4.78 is 26.1. The monoisotopic (exact) mass is 553 g/mol. The summed E-state index contributed by atoms with van der Waals surface area (Å²) in [5.74, 6) is -0.839. The van der Waals surface area contributed by atoms with E-state index in [0.29, 0.717) is 21.5 Å². The number of halogens is 1. The molecule has 0 aliphatic carbocycles. The van der Waals surface area contributed by atoms with E-state index in [0.717, 1.165) is 16.7 Å². The molecule has 2 aromatic rings. The Kier molecular flexibility index (Phi) is 8.40. The number of amides is 2. The fourth-order valence-corrected chi connectivity index (χ4v) is 4.15. The molecule has 1 aromatic heterocycles. The van der Waals surface area contributed by atoms with E-state index in [1.807, 2.05) is 0 Å². The number of nitrogens with zero attached hydrogens (tertiary/aromatic N) is 1. The van der Waals surface area contributed by atoms with Crippen LogP contribution in [0.4, 0.5) is 4.79 Å². The van der Waals surface area contributed by atoms with Gasteiger partial charge in [-0.05, 0) is 54.6 Å².